The van der Waals surface area contributed by atoms with Gasteiger partial charge in [-0.1, -0.05) is 17.7 Å². The largest absolute Gasteiger partial charge is 0.374 e. The van der Waals surface area contributed by atoms with Crippen molar-refractivity contribution in [3.05, 3.63) is 52.6 Å². The minimum atomic E-state index is -0.323. The number of anilines is 3. The van der Waals surface area contributed by atoms with Crippen LogP contribution in [0.3, 0.4) is 0 Å². The summed E-state index contributed by atoms with van der Waals surface area (Å²) in [6, 6.07) is 10.3. The maximum Gasteiger partial charge on any atom is 0.246 e. The second-order valence-electron chi connectivity index (χ2n) is 7.73. The quantitative estimate of drug-likeness (QED) is 0.752. The Balaban J connectivity index is 1.67. The van der Waals surface area contributed by atoms with Crippen molar-refractivity contribution >= 4 is 34.7 Å². The van der Waals surface area contributed by atoms with Gasteiger partial charge in [-0.15, -0.1) is 0 Å². The van der Waals surface area contributed by atoms with E-state index < -0.39 is 0 Å². The van der Waals surface area contributed by atoms with E-state index in [0.29, 0.717) is 0 Å². The number of carbonyl (C=O) groups is 1. The van der Waals surface area contributed by atoms with Crippen molar-refractivity contribution in [2.75, 3.05) is 40.1 Å². The van der Waals surface area contributed by atoms with Gasteiger partial charge in [0.15, 0.2) is 0 Å². The average molecular weight is 398 g/mol. The van der Waals surface area contributed by atoms with Gasteiger partial charge in [0.25, 0.3) is 0 Å². The Morgan fingerprint density at radius 3 is 2.25 bits per heavy atom. The highest BCUT2D eigenvalue weighted by molar-refractivity contribution is 7.99. The first kappa shape index (κ1) is 20.6. The highest BCUT2D eigenvalue weighted by atomic mass is 32.2. The van der Waals surface area contributed by atoms with Gasteiger partial charge in [-0.3, -0.25) is 4.79 Å². The van der Waals surface area contributed by atoms with Gasteiger partial charge in [0.2, 0.25) is 5.91 Å². The third-order valence-electron chi connectivity index (χ3n) is 5.28. The van der Waals surface area contributed by atoms with Crippen LogP contribution >= 0.6 is 11.8 Å². The molecule has 2 N–H and O–H groups in total. The number of hydrogen-bond donors (Lipinski definition) is 2. The number of aryl methyl sites for hydroxylation is 4. The summed E-state index contributed by atoms with van der Waals surface area (Å²) in [5, 5.41) is 6.47. The summed E-state index contributed by atoms with van der Waals surface area (Å²) in [5.41, 5.74) is 7.76. The topological polar surface area (TPSA) is 44.4 Å². The van der Waals surface area contributed by atoms with Gasteiger partial charge in [0, 0.05) is 41.7 Å². The standard InChI is InChI=1S/C23H31N3OS/c1-15-12-17(3)22(18(4)13-15)25-23(27)19(5)24-21-7-6-20(14-16(21)2)26-8-10-28-11-9-26/h6-7,12-14,19,24H,8-11H2,1-5H3,(H,25,27). The van der Waals surface area contributed by atoms with Crippen molar-refractivity contribution < 1.29 is 4.79 Å². The number of hydrogen-bond acceptors (Lipinski definition) is 4. The van der Waals surface area contributed by atoms with E-state index in [1.807, 2.05) is 32.5 Å². The van der Waals surface area contributed by atoms with Crippen LogP contribution < -0.4 is 15.5 Å². The summed E-state index contributed by atoms with van der Waals surface area (Å²) >= 11 is 2.02. The predicted molar refractivity (Wildman–Crippen MR) is 123 cm³/mol. The highest BCUT2D eigenvalue weighted by Crippen LogP contribution is 2.26. The first-order valence-electron chi connectivity index (χ1n) is 9.93. The molecule has 4 nitrogen and oxygen atoms in total. The lowest BCUT2D eigenvalue weighted by Gasteiger charge is -2.29. The Kier molecular flexibility index (Phi) is 6.55. The summed E-state index contributed by atoms with van der Waals surface area (Å²) in [4.78, 5) is 15.2. The van der Waals surface area contributed by atoms with Crippen LogP contribution in [0.15, 0.2) is 30.3 Å². The Labute approximate surface area is 173 Å². The van der Waals surface area contributed by atoms with Crippen molar-refractivity contribution in [1.82, 2.24) is 0 Å². The smallest absolute Gasteiger partial charge is 0.246 e. The molecule has 0 saturated carbocycles. The molecule has 1 aliphatic rings. The monoisotopic (exact) mass is 397 g/mol. The molecule has 1 saturated heterocycles. The molecule has 0 aromatic heterocycles. The Morgan fingerprint density at radius 1 is 1.00 bits per heavy atom. The Bertz CT molecular complexity index is 836. The SMILES string of the molecule is Cc1cc(C)c(NC(=O)C(C)Nc2ccc(N3CCSCC3)cc2C)c(C)c1. The highest BCUT2D eigenvalue weighted by Gasteiger charge is 2.17. The molecule has 2 aromatic rings. The molecular weight excluding hydrogens is 366 g/mol. The molecule has 1 heterocycles. The zero-order valence-corrected chi connectivity index (χ0v) is 18.4. The summed E-state index contributed by atoms with van der Waals surface area (Å²) in [6.07, 6.45) is 0. The maximum atomic E-state index is 12.7. The summed E-state index contributed by atoms with van der Waals surface area (Å²) in [5.74, 6) is 2.36. The van der Waals surface area contributed by atoms with Gasteiger partial charge < -0.3 is 15.5 Å². The lowest BCUT2D eigenvalue weighted by Crippen LogP contribution is -2.33. The van der Waals surface area contributed by atoms with Crippen molar-refractivity contribution in [2.24, 2.45) is 0 Å². The van der Waals surface area contributed by atoms with Crippen LogP contribution in [0.2, 0.25) is 0 Å². The second kappa shape index (κ2) is 8.91. The van der Waals surface area contributed by atoms with Gasteiger partial charge in [-0.2, -0.15) is 11.8 Å². The van der Waals surface area contributed by atoms with E-state index >= 15 is 0 Å². The van der Waals surface area contributed by atoms with Crippen molar-refractivity contribution in [3.8, 4) is 0 Å². The molecule has 1 aliphatic heterocycles. The number of thioether (sulfide) groups is 1. The van der Waals surface area contributed by atoms with E-state index in [1.165, 1.54) is 22.8 Å². The Hall–Kier alpha value is -2.14. The molecule has 1 atom stereocenters. The van der Waals surface area contributed by atoms with E-state index in [1.54, 1.807) is 0 Å². The molecule has 2 aromatic carbocycles. The predicted octanol–water partition coefficient (Wildman–Crippen LogP) is 4.91. The third kappa shape index (κ3) is 4.82. The molecule has 3 rings (SSSR count). The normalized spacial score (nSPS) is 15.2. The molecule has 150 valence electrons. The lowest BCUT2D eigenvalue weighted by atomic mass is 10.0. The second-order valence-corrected chi connectivity index (χ2v) is 8.95. The number of amides is 1. The summed E-state index contributed by atoms with van der Waals surface area (Å²) in [6.45, 7) is 12.4. The van der Waals surface area contributed by atoms with E-state index in [9.17, 15) is 4.79 Å². The maximum absolute atomic E-state index is 12.7. The van der Waals surface area contributed by atoms with E-state index in [2.05, 4.69) is 59.7 Å². The van der Waals surface area contributed by atoms with Crippen LogP contribution in [0.5, 0.6) is 0 Å². The molecular formula is C23H31N3OS. The molecule has 0 radical (unpaired) electrons. The number of benzene rings is 2. The Morgan fingerprint density at radius 2 is 1.64 bits per heavy atom. The lowest BCUT2D eigenvalue weighted by molar-refractivity contribution is -0.116. The molecule has 1 fully saturated rings. The number of nitrogens with one attached hydrogen (secondary N) is 2. The van der Waals surface area contributed by atoms with Crippen molar-refractivity contribution in [3.63, 3.8) is 0 Å². The fourth-order valence-electron chi connectivity index (χ4n) is 3.74. The van der Waals surface area contributed by atoms with E-state index in [0.717, 1.165) is 41.2 Å². The van der Waals surface area contributed by atoms with Gasteiger partial charge in [0.1, 0.15) is 6.04 Å². The van der Waals surface area contributed by atoms with E-state index in [4.69, 9.17) is 0 Å². The van der Waals surface area contributed by atoms with Crippen molar-refractivity contribution in [1.29, 1.82) is 0 Å². The molecule has 0 bridgehead atoms. The average Bonchev–Trinajstić information content (AvgIpc) is 2.66. The molecule has 5 heteroatoms. The molecule has 1 unspecified atom stereocenters. The van der Waals surface area contributed by atoms with Crippen molar-refractivity contribution in [2.45, 2.75) is 40.7 Å². The summed E-state index contributed by atoms with van der Waals surface area (Å²) < 4.78 is 0. The van der Waals surface area contributed by atoms with Crippen LogP contribution in [0, 0.1) is 27.7 Å². The molecule has 0 aliphatic carbocycles. The van der Waals surface area contributed by atoms with Crippen LogP contribution in [-0.4, -0.2) is 36.5 Å². The minimum Gasteiger partial charge on any atom is -0.374 e. The first-order valence-corrected chi connectivity index (χ1v) is 11.1. The molecule has 0 spiro atoms. The van der Waals surface area contributed by atoms with Gasteiger partial charge in [0.05, 0.1) is 0 Å². The van der Waals surface area contributed by atoms with Gasteiger partial charge >= 0.3 is 0 Å². The minimum absolute atomic E-state index is 0.0217. The molecule has 28 heavy (non-hydrogen) atoms. The first-order chi connectivity index (χ1) is 13.3. The van der Waals surface area contributed by atoms with Crippen LogP contribution in [0.25, 0.3) is 0 Å². The zero-order chi connectivity index (χ0) is 20.3. The van der Waals surface area contributed by atoms with Crippen LogP contribution in [0.1, 0.15) is 29.2 Å². The number of rotatable bonds is 5. The van der Waals surface area contributed by atoms with E-state index in [-0.39, 0.29) is 11.9 Å². The van der Waals surface area contributed by atoms with Gasteiger partial charge in [-0.05, 0) is 69.5 Å². The fourth-order valence-corrected chi connectivity index (χ4v) is 4.64. The van der Waals surface area contributed by atoms with Crippen LogP contribution in [0.4, 0.5) is 17.1 Å². The zero-order valence-electron chi connectivity index (χ0n) is 17.6. The molecule has 1 amide bonds. The van der Waals surface area contributed by atoms with Crippen LogP contribution in [-0.2, 0) is 4.79 Å². The third-order valence-corrected chi connectivity index (χ3v) is 6.22. The number of carbonyl (C=O) groups excluding carboxylic acids is 1. The summed E-state index contributed by atoms with van der Waals surface area (Å²) in [7, 11) is 0. The number of nitrogens with zero attached hydrogens (tertiary/aromatic N) is 1. The fraction of sp³-hybridized carbons (Fsp3) is 0.435. The van der Waals surface area contributed by atoms with Gasteiger partial charge in [-0.25, -0.2) is 0 Å².